The van der Waals surface area contributed by atoms with Crippen molar-refractivity contribution in [3.05, 3.63) is 141 Å². The smallest absolute Gasteiger partial charge is 0.369 e. The number of phenolic OH excluding ortho intramolecular Hbond substituents is 1. The molecule has 0 saturated heterocycles. The third-order valence-corrected chi connectivity index (χ3v) is 13.0. The van der Waals surface area contributed by atoms with Gasteiger partial charge in [0.2, 0.25) is 0 Å². The predicted molar refractivity (Wildman–Crippen MR) is 303 cm³/mol. The van der Waals surface area contributed by atoms with Crippen LogP contribution in [0.15, 0.2) is 120 Å². The Kier molecular flexibility index (Phi) is 28.4. The van der Waals surface area contributed by atoms with Gasteiger partial charge in [0, 0.05) is 57.6 Å². The first-order chi connectivity index (χ1) is 32.2. The van der Waals surface area contributed by atoms with Crippen LogP contribution in [0, 0.1) is 0 Å². The van der Waals surface area contributed by atoms with Crippen molar-refractivity contribution in [1.29, 1.82) is 0 Å². The fraction of sp³-hybridized carbons (Fsp3) is 0.0526. The maximum Gasteiger partial charge on any atom is 0.369 e. The van der Waals surface area contributed by atoms with Gasteiger partial charge in [0.25, 0.3) is 18.1 Å². The van der Waals surface area contributed by atoms with Crippen LogP contribution in [0.1, 0.15) is 0 Å². The monoisotopic (exact) mass is 1580 g/mol. The summed E-state index contributed by atoms with van der Waals surface area (Å²) < 4.78 is 100. The zero-order valence-corrected chi connectivity index (χ0v) is 52.9. The van der Waals surface area contributed by atoms with Gasteiger partial charge in [0.05, 0.1) is 44.4 Å². The highest BCUT2D eigenvalue weighted by Gasteiger charge is 2.21. The van der Waals surface area contributed by atoms with Crippen LogP contribution in [-0.4, -0.2) is 52.3 Å². The van der Waals surface area contributed by atoms with Crippen LogP contribution in [0.25, 0.3) is 0 Å². The number of benzene rings is 6. The number of ether oxygens (including phenoxy) is 5. The Morgan fingerprint density at radius 3 is 1.03 bits per heavy atom. The zero-order valence-electron chi connectivity index (χ0n) is 34.1. The summed E-state index contributed by atoms with van der Waals surface area (Å²) in [6.45, 7) is 0. The molecule has 0 aromatic heterocycles. The molecule has 70 heavy (non-hydrogen) atoms. The summed E-state index contributed by atoms with van der Waals surface area (Å²) in [5.41, 5.74) is 0. The Morgan fingerprint density at radius 2 is 0.729 bits per heavy atom. The highest BCUT2D eigenvalue weighted by Crippen LogP contribution is 2.43. The highest BCUT2D eigenvalue weighted by atomic mass is 79.9. The van der Waals surface area contributed by atoms with Crippen LogP contribution in [0.2, 0.25) is 30.1 Å². The van der Waals surface area contributed by atoms with E-state index in [1.54, 1.807) is 67.8 Å². The summed E-state index contributed by atoms with van der Waals surface area (Å²) in [5, 5.41) is 11.4. The van der Waals surface area contributed by atoms with Crippen molar-refractivity contribution >= 4 is 227 Å². The maximum atomic E-state index is 11.6. The van der Waals surface area contributed by atoms with E-state index >= 15 is 0 Å². The standard InChI is InChI=1S/C13H8BrCl3O4S.C13H9BrCl2O2.C12H6BrCl3O4S.BBr3.ClHO3S/c1-20-11-3-2-8(6-12(11)22(17,18)19)21-13-9(15)4-7(14)5-10(13)16;1-17-9-2-4-10(5-3-9)18-13-11(15)6-8(14)7-12(13)16;13-6-3-8(14)12(9(15)4-6)20-7-1-2-10(17)11(5-7)21(16,18)19;2-1(3)4;1-5(2,3)4/h2-6H,1H3;2-7H,1H3;1-5,17H;;(H,2,3,4). The second kappa shape index (κ2) is 30.3. The quantitative estimate of drug-likeness (QED) is 0.0749. The van der Waals surface area contributed by atoms with Crippen LogP contribution in [0.4, 0.5) is 0 Å². The molecule has 0 bridgehead atoms. The third-order valence-electron chi connectivity index (χ3n) is 7.20. The Bertz CT molecular complexity index is 3040. The van der Waals surface area contributed by atoms with Crippen molar-refractivity contribution < 1.29 is 58.6 Å². The summed E-state index contributed by atoms with van der Waals surface area (Å²) in [7, 11) is 5.31. The van der Waals surface area contributed by atoms with Gasteiger partial charge in [-0.15, -0.1) is 47.3 Å². The van der Waals surface area contributed by atoms with Gasteiger partial charge in [-0.1, -0.05) is 117 Å². The molecule has 6 aromatic rings. The van der Waals surface area contributed by atoms with Gasteiger partial charge in [-0.2, -0.15) is 8.42 Å². The van der Waals surface area contributed by atoms with Crippen molar-refractivity contribution in [2.45, 2.75) is 9.79 Å². The van der Waals surface area contributed by atoms with Crippen molar-refractivity contribution in [2.75, 3.05) is 14.2 Å². The van der Waals surface area contributed by atoms with E-state index in [0.717, 1.165) is 22.4 Å². The molecule has 0 amide bonds. The lowest BCUT2D eigenvalue weighted by molar-refractivity contribution is 0.400. The molecule has 0 fully saturated rings. The summed E-state index contributed by atoms with van der Waals surface area (Å²) in [6.07, 6.45) is 0. The molecule has 0 atom stereocenters. The van der Waals surface area contributed by atoms with Gasteiger partial charge >= 0.3 is 12.5 Å². The molecule has 0 aliphatic rings. The van der Waals surface area contributed by atoms with Gasteiger partial charge in [0.1, 0.15) is 44.3 Å². The SMILES string of the molecule is BrB(Br)Br.COc1ccc(Oc2c(Cl)cc(Br)cc2Cl)cc1.COc1ccc(Oc2c(Cl)cc(Br)cc2Cl)cc1S(=O)(=O)Cl.O=S(=O)(Cl)c1cc(Oc2c(Cl)cc(Br)cc2Cl)ccc1O.O=S(=O)(O)Cl. The number of aromatic hydroxyl groups is 1. The Hall–Kier alpha value is -0.515. The third kappa shape index (κ3) is 24.0. The normalized spacial score (nSPS) is 10.8. The fourth-order valence-electron chi connectivity index (χ4n) is 4.54. The number of hydrogen-bond acceptors (Lipinski definition) is 12. The summed E-state index contributed by atoms with van der Waals surface area (Å²) >= 11 is 55.4. The molecule has 0 spiro atoms. The van der Waals surface area contributed by atoms with Gasteiger partial charge in [-0.05, 0) is 84.9 Å². The van der Waals surface area contributed by atoms with Crippen LogP contribution in [-0.2, 0) is 27.4 Å². The van der Waals surface area contributed by atoms with Crippen LogP contribution in [0.5, 0.6) is 51.7 Å². The number of rotatable bonds is 10. The van der Waals surface area contributed by atoms with Crippen molar-refractivity contribution in [3.63, 3.8) is 0 Å². The lowest BCUT2D eigenvalue weighted by Crippen LogP contribution is -1.97. The number of halogens is 15. The fourth-order valence-corrected chi connectivity index (χ4v) is 10.4. The van der Waals surface area contributed by atoms with E-state index in [1.807, 2.05) is 0 Å². The molecule has 0 saturated carbocycles. The van der Waals surface area contributed by atoms with Crippen molar-refractivity contribution in [1.82, 2.24) is 0 Å². The Balaban J connectivity index is 0.000000331. The first-order valence-electron chi connectivity index (χ1n) is 17.3. The first kappa shape index (κ1) is 65.6. The molecule has 2 N–H and O–H groups in total. The zero-order chi connectivity index (χ0) is 53.5. The van der Waals surface area contributed by atoms with Gasteiger partial charge in [0.15, 0.2) is 17.2 Å². The summed E-state index contributed by atoms with van der Waals surface area (Å²) in [4.78, 5) is -0.676. The van der Waals surface area contributed by atoms with Crippen molar-refractivity contribution in [2.24, 2.45) is 0 Å². The average molecular weight is 1590 g/mol. The van der Waals surface area contributed by atoms with E-state index < -0.39 is 38.1 Å². The molecule has 13 nitrogen and oxygen atoms in total. The van der Waals surface area contributed by atoms with E-state index in [2.05, 4.69) is 106 Å². The van der Waals surface area contributed by atoms with Crippen LogP contribution in [0.3, 0.4) is 0 Å². The van der Waals surface area contributed by atoms with E-state index in [-0.39, 0.29) is 56.9 Å². The molecule has 6 aromatic carbocycles. The summed E-state index contributed by atoms with van der Waals surface area (Å²) in [6, 6.07) is 24.7. The Labute approximate surface area is 496 Å². The lowest BCUT2D eigenvalue weighted by Gasteiger charge is -2.12. The lowest BCUT2D eigenvalue weighted by atomic mass is 10.3. The van der Waals surface area contributed by atoms with Crippen LogP contribution < -0.4 is 23.7 Å². The molecule has 6 rings (SSSR count). The topological polar surface area (TPSA) is 189 Å². The molecule has 0 aliphatic heterocycles. The molecule has 0 aliphatic carbocycles. The molecular weight excluding hydrogens is 1570 g/mol. The Morgan fingerprint density at radius 1 is 0.457 bits per heavy atom. The van der Waals surface area contributed by atoms with E-state index in [1.165, 1.54) is 31.4 Å². The van der Waals surface area contributed by atoms with E-state index in [4.69, 9.17) is 128 Å². The van der Waals surface area contributed by atoms with Crippen molar-refractivity contribution in [3.8, 4) is 51.7 Å². The molecule has 380 valence electrons. The van der Waals surface area contributed by atoms with E-state index in [0.29, 0.717) is 30.5 Å². The first-order valence-corrected chi connectivity index (χ1v) is 31.6. The highest BCUT2D eigenvalue weighted by molar-refractivity contribution is 9.69. The molecule has 0 heterocycles. The second-order valence-corrected chi connectivity index (χ2v) is 30.7. The molecule has 32 heteroatoms. The van der Waals surface area contributed by atoms with Gasteiger partial charge in [-0.3, -0.25) is 4.55 Å². The minimum Gasteiger partial charge on any atom is -0.507 e. The van der Waals surface area contributed by atoms with Gasteiger partial charge in [-0.25, -0.2) is 16.8 Å². The molecule has 0 radical (unpaired) electrons. The minimum absolute atomic E-state index is 0.107. The number of hydrogen-bond donors (Lipinski definition) is 2. The van der Waals surface area contributed by atoms with Gasteiger partial charge < -0.3 is 28.8 Å². The summed E-state index contributed by atoms with van der Waals surface area (Å²) in [5.74, 6) is 2.13. The molecule has 0 unspecified atom stereocenters. The predicted octanol–water partition coefficient (Wildman–Crippen LogP) is 18.4. The van der Waals surface area contributed by atoms with E-state index in [9.17, 15) is 21.9 Å². The minimum atomic E-state index is -4.19. The average Bonchev–Trinajstić information content (AvgIpc) is 3.21. The number of methoxy groups -OCH3 is 2. The van der Waals surface area contributed by atoms with Crippen LogP contribution >= 0.6 is 197 Å². The largest absolute Gasteiger partial charge is 0.507 e. The maximum absolute atomic E-state index is 11.6. The molecular formula is C38H24BBr6Cl9O13S3. The number of phenols is 1. The second-order valence-electron chi connectivity index (χ2n) is 12.1.